The van der Waals surface area contributed by atoms with Crippen LogP contribution in [0.2, 0.25) is 0 Å². The summed E-state index contributed by atoms with van der Waals surface area (Å²) in [4.78, 5) is 26.2. The number of ether oxygens (including phenoxy) is 1. The average molecular weight is 477 g/mol. The molecule has 1 amide bonds. The highest BCUT2D eigenvalue weighted by atomic mass is 19.3. The van der Waals surface area contributed by atoms with E-state index in [0.717, 1.165) is 22.2 Å². The zero-order valence-corrected chi connectivity index (χ0v) is 18.9. The second kappa shape index (κ2) is 7.54. The van der Waals surface area contributed by atoms with Gasteiger partial charge in [-0.2, -0.15) is 8.78 Å². The van der Waals surface area contributed by atoms with Crippen molar-refractivity contribution in [2.75, 3.05) is 0 Å². The first-order valence-electron chi connectivity index (χ1n) is 11.2. The van der Waals surface area contributed by atoms with E-state index in [1.807, 2.05) is 22.8 Å². The number of hydrogen-bond acceptors (Lipinski definition) is 6. The molecular formula is C25H21F2N5O3. The molecule has 0 radical (unpaired) electrons. The number of halogens is 2. The summed E-state index contributed by atoms with van der Waals surface area (Å²) in [7, 11) is 0. The second-order valence-corrected chi connectivity index (χ2v) is 9.27. The molecule has 2 aliphatic rings. The third-order valence-electron chi connectivity index (χ3n) is 6.50. The number of carbonyl (C=O) groups is 1. The Labute approximate surface area is 198 Å². The minimum absolute atomic E-state index is 0.0141. The number of aromatic nitrogens is 4. The molecule has 178 valence electrons. The number of benzene rings is 2. The van der Waals surface area contributed by atoms with Crippen LogP contribution >= 0.6 is 0 Å². The number of imidazole rings is 1. The molecule has 10 heteroatoms. The molecular weight excluding hydrogens is 456 g/mol. The predicted molar refractivity (Wildman–Crippen MR) is 122 cm³/mol. The first kappa shape index (κ1) is 21.6. The summed E-state index contributed by atoms with van der Waals surface area (Å²) in [5.41, 5.74) is 2.69. The highest BCUT2D eigenvalue weighted by Gasteiger charge is 2.42. The van der Waals surface area contributed by atoms with Gasteiger partial charge in [-0.05, 0) is 50.1 Å². The summed E-state index contributed by atoms with van der Waals surface area (Å²) in [6.45, 7) is 0.224. The first-order chi connectivity index (χ1) is 16.7. The van der Waals surface area contributed by atoms with Crippen LogP contribution in [0, 0.1) is 0 Å². The molecule has 0 spiro atoms. The molecule has 4 heterocycles. The number of hydrogen-bond donors (Lipinski definition) is 2. The van der Waals surface area contributed by atoms with Gasteiger partial charge in [-0.3, -0.25) is 4.79 Å². The van der Waals surface area contributed by atoms with Gasteiger partial charge in [0.1, 0.15) is 17.2 Å². The Morgan fingerprint density at radius 1 is 1.17 bits per heavy atom. The Morgan fingerprint density at radius 2 is 1.94 bits per heavy atom. The summed E-state index contributed by atoms with van der Waals surface area (Å²) >= 11 is 0. The van der Waals surface area contributed by atoms with Crippen LogP contribution in [-0.2, 0) is 5.60 Å². The molecule has 6 rings (SSSR count). The number of aliphatic hydroxyl groups is 1. The number of amides is 1. The van der Waals surface area contributed by atoms with E-state index in [1.54, 1.807) is 32.3 Å². The summed E-state index contributed by atoms with van der Waals surface area (Å²) in [6, 6.07) is 9.57. The maximum absolute atomic E-state index is 13.2. The largest absolute Gasteiger partial charge is 0.434 e. The lowest BCUT2D eigenvalue weighted by atomic mass is 9.97. The Bertz CT molecular complexity index is 1480. The summed E-state index contributed by atoms with van der Waals surface area (Å²) in [5.74, 6) is 0.633. The summed E-state index contributed by atoms with van der Waals surface area (Å²) in [6.07, 6.45) is 3.78. The third-order valence-corrected chi connectivity index (χ3v) is 6.50. The molecule has 4 aromatic rings. The number of carbonyl (C=O) groups excluding carboxylic acids is 1. The highest BCUT2D eigenvalue weighted by molar-refractivity contribution is 5.98. The van der Waals surface area contributed by atoms with E-state index in [1.165, 1.54) is 12.1 Å². The van der Waals surface area contributed by atoms with Crippen molar-refractivity contribution in [2.45, 2.75) is 44.6 Å². The fraction of sp³-hybridized carbons (Fsp3) is 0.280. The topological polar surface area (TPSA) is 102 Å². The minimum Gasteiger partial charge on any atom is -0.434 e. The molecule has 2 aromatic heterocycles. The second-order valence-electron chi connectivity index (χ2n) is 9.27. The molecule has 35 heavy (non-hydrogen) atoms. The van der Waals surface area contributed by atoms with E-state index in [9.17, 15) is 18.7 Å². The van der Waals surface area contributed by atoms with Gasteiger partial charge in [0, 0.05) is 29.1 Å². The molecule has 0 saturated carbocycles. The van der Waals surface area contributed by atoms with E-state index in [4.69, 9.17) is 9.72 Å². The van der Waals surface area contributed by atoms with Crippen LogP contribution in [0.4, 0.5) is 8.78 Å². The normalized spacial score (nSPS) is 18.9. The zero-order valence-electron chi connectivity index (χ0n) is 18.9. The molecule has 2 aliphatic heterocycles. The quantitative estimate of drug-likeness (QED) is 0.459. The lowest BCUT2D eigenvalue weighted by Crippen LogP contribution is -2.28. The van der Waals surface area contributed by atoms with E-state index in [-0.39, 0.29) is 17.7 Å². The number of fused-ring (bicyclic) bond motifs is 9. The van der Waals surface area contributed by atoms with Crippen molar-refractivity contribution in [3.05, 3.63) is 71.6 Å². The van der Waals surface area contributed by atoms with Gasteiger partial charge in [0.2, 0.25) is 0 Å². The minimum atomic E-state index is -3.01. The first-order valence-corrected chi connectivity index (χ1v) is 11.2. The van der Waals surface area contributed by atoms with Crippen molar-refractivity contribution in [1.82, 2.24) is 24.8 Å². The van der Waals surface area contributed by atoms with Crippen LogP contribution in [0.1, 0.15) is 59.9 Å². The number of alkyl halides is 2. The van der Waals surface area contributed by atoms with E-state index >= 15 is 0 Å². The number of nitrogens with one attached hydrogen (secondary N) is 1. The Balaban J connectivity index is 1.50. The summed E-state index contributed by atoms with van der Waals surface area (Å²) < 4.78 is 33.2. The molecule has 2 atom stereocenters. The van der Waals surface area contributed by atoms with E-state index in [2.05, 4.69) is 15.3 Å². The van der Waals surface area contributed by atoms with Crippen LogP contribution in [0.3, 0.4) is 0 Å². The molecule has 2 N–H and O–H groups in total. The number of nitrogens with zero attached hydrogens (tertiary/aromatic N) is 4. The predicted octanol–water partition coefficient (Wildman–Crippen LogP) is 4.10. The summed E-state index contributed by atoms with van der Waals surface area (Å²) in [5, 5.41) is 13.1. The SMILES string of the molecule is CC(C)(O)c1ncc(-c2ccc3nc4n(c3c2)[C@@H]2C[C@H]4NC(=O)c3cccc(OC(F)F)c32)cn1. The highest BCUT2D eigenvalue weighted by Crippen LogP contribution is 2.47. The van der Waals surface area contributed by atoms with Crippen molar-refractivity contribution in [3.63, 3.8) is 0 Å². The van der Waals surface area contributed by atoms with Crippen molar-refractivity contribution in [1.29, 1.82) is 0 Å². The molecule has 8 nitrogen and oxygen atoms in total. The van der Waals surface area contributed by atoms with Crippen molar-refractivity contribution in [2.24, 2.45) is 0 Å². The van der Waals surface area contributed by atoms with Gasteiger partial charge in [-0.15, -0.1) is 0 Å². The Hall–Kier alpha value is -3.92. The van der Waals surface area contributed by atoms with E-state index in [0.29, 0.717) is 29.2 Å². The van der Waals surface area contributed by atoms with Crippen LogP contribution < -0.4 is 10.1 Å². The molecule has 2 aromatic carbocycles. The van der Waals surface area contributed by atoms with Gasteiger partial charge < -0.3 is 19.7 Å². The maximum Gasteiger partial charge on any atom is 0.387 e. The van der Waals surface area contributed by atoms with E-state index < -0.39 is 18.3 Å². The lowest BCUT2D eigenvalue weighted by molar-refractivity contribution is -0.0507. The van der Waals surface area contributed by atoms with Gasteiger partial charge >= 0.3 is 6.61 Å². The molecule has 0 unspecified atom stereocenters. The zero-order chi connectivity index (χ0) is 24.5. The molecule has 0 fully saturated rings. The van der Waals surface area contributed by atoms with Gasteiger partial charge in [-0.25, -0.2) is 15.0 Å². The average Bonchev–Trinajstić information content (AvgIpc) is 3.30. The van der Waals surface area contributed by atoms with Crippen molar-refractivity contribution >= 4 is 16.9 Å². The fourth-order valence-corrected chi connectivity index (χ4v) is 4.98. The fourth-order valence-electron chi connectivity index (χ4n) is 4.98. The van der Waals surface area contributed by atoms with Crippen LogP contribution in [0.5, 0.6) is 5.75 Å². The van der Waals surface area contributed by atoms with Crippen LogP contribution in [-0.4, -0.2) is 37.1 Å². The van der Waals surface area contributed by atoms with Gasteiger partial charge in [0.25, 0.3) is 5.91 Å². The lowest BCUT2D eigenvalue weighted by Gasteiger charge is -2.21. The molecule has 2 bridgehead atoms. The van der Waals surface area contributed by atoms with Gasteiger partial charge in [0.05, 0.1) is 23.1 Å². The van der Waals surface area contributed by atoms with Gasteiger partial charge in [-0.1, -0.05) is 12.1 Å². The Morgan fingerprint density at radius 3 is 2.66 bits per heavy atom. The third kappa shape index (κ3) is 3.44. The van der Waals surface area contributed by atoms with Crippen molar-refractivity contribution in [3.8, 4) is 16.9 Å². The van der Waals surface area contributed by atoms with Crippen LogP contribution in [0.25, 0.3) is 22.2 Å². The van der Waals surface area contributed by atoms with Crippen LogP contribution in [0.15, 0.2) is 48.8 Å². The maximum atomic E-state index is 13.2. The van der Waals surface area contributed by atoms with Crippen molar-refractivity contribution < 1.29 is 23.4 Å². The molecule has 0 saturated heterocycles. The van der Waals surface area contributed by atoms with Gasteiger partial charge in [0.15, 0.2) is 5.82 Å². The standard InChI is InChI=1S/C25H21F2N5O3/c1-25(2,34)23-28-10-13(11-29-23)12-6-7-15-17(8-12)32-18-9-16(21(32)30-15)31-22(33)14-4-3-5-19(20(14)18)35-24(26)27/h3-8,10-11,16,18,24,34H,9H2,1-2H3,(H,31,33)/t16-,18-/m1/s1. The monoisotopic (exact) mass is 477 g/mol. The smallest absolute Gasteiger partial charge is 0.387 e. The number of rotatable bonds is 4. The Kier molecular flexibility index (Phi) is 4.65. The molecule has 0 aliphatic carbocycles.